The van der Waals surface area contributed by atoms with Gasteiger partial charge in [0.15, 0.2) is 0 Å². The van der Waals surface area contributed by atoms with E-state index >= 15 is 0 Å². The third-order valence-corrected chi connectivity index (χ3v) is 3.37. The lowest BCUT2D eigenvalue weighted by Crippen LogP contribution is -2.47. The van der Waals surface area contributed by atoms with Crippen LogP contribution in [0.4, 0.5) is 4.79 Å². The zero-order valence-corrected chi connectivity index (χ0v) is 14.2. The first-order chi connectivity index (χ1) is 10.2. The summed E-state index contributed by atoms with van der Waals surface area (Å²) in [5.41, 5.74) is 0.324. The Labute approximate surface area is 133 Å². The largest absolute Gasteiger partial charge is 0.497 e. The number of carbonyl (C=O) groups excluding carboxylic acids is 1. The first kappa shape index (κ1) is 18.3. The van der Waals surface area contributed by atoms with E-state index in [9.17, 15) is 9.90 Å². The van der Waals surface area contributed by atoms with Crippen molar-refractivity contribution in [3.63, 3.8) is 0 Å². The van der Waals surface area contributed by atoms with Crippen LogP contribution >= 0.6 is 0 Å². The number of aryl methyl sites for hydroxylation is 1. The van der Waals surface area contributed by atoms with Gasteiger partial charge >= 0.3 is 6.03 Å². The van der Waals surface area contributed by atoms with Crippen LogP contribution < -0.4 is 10.1 Å². The first-order valence-electron chi connectivity index (χ1n) is 7.58. The summed E-state index contributed by atoms with van der Waals surface area (Å²) in [6, 6.07) is 7.86. The van der Waals surface area contributed by atoms with Crippen LogP contribution in [0.3, 0.4) is 0 Å². The number of hydrogen-bond acceptors (Lipinski definition) is 3. The van der Waals surface area contributed by atoms with Crippen LogP contribution in [0.15, 0.2) is 24.3 Å². The van der Waals surface area contributed by atoms with E-state index in [1.807, 2.05) is 31.2 Å². The maximum Gasteiger partial charge on any atom is 0.317 e. The number of nitrogens with zero attached hydrogens (tertiary/aromatic N) is 1. The quantitative estimate of drug-likeness (QED) is 0.813. The molecule has 0 radical (unpaired) electrons. The van der Waals surface area contributed by atoms with Crippen LogP contribution in [0.25, 0.3) is 0 Å². The molecule has 2 N–H and O–H groups in total. The summed E-state index contributed by atoms with van der Waals surface area (Å²) in [5, 5.41) is 12.7. The second-order valence-corrected chi connectivity index (χ2v) is 6.41. The van der Waals surface area contributed by atoms with Crippen molar-refractivity contribution in [1.82, 2.24) is 10.2 Å². The molecule has 5 heteroatoms. The van der Waals surface area contributed by atoms with Gasteiger partial charge in [0.1, 0.15) is 5.75 Å². The van der Waals surface area contributed by atoms with Gasteiger partial charge in [0.05, 0.1) is 19.3 Å². The van der Waals surface area contributed by atoms with Crippen molar-refractivity contribution in [2.24, 2.45) is 0 Å². The van der Waals surface area contributed by atoms with Crippen LogP contribution in [0.5, 0.6) is 5.75 Å². The molecule has 2 amide bonds. The Morgan fingerprint density at radius 2 is 1.95 bits per heavy atom. The number of carbonyl (C=O) groups is 1. The fourth-order valence-electron chi connectivity index (χ4n) is 2.22. The first-order valence-corrected chi connectivity index (χ1v) is 7.58. The Hall–Kier alpha value is -1.75. The van der Waals surface area contributed by atoms with Gasteiger partial charge < -0.3 is 20.1 Å². The van der Waals surface area contributed by atoms with Crippen LogP contribution in [0, 0.1) is 0 Å². The van der Waals surface area contributed by atoms with Crippen LogP contribution in [-0.2, 0) is 6.42 Å². The average molecular weight is 308 g/mol. The summed E-state index contributed by atoms with van der Waals surface area (Å²) >= 11 is 0. The Kier molecular flexibility index (Phi) is 6.68. The fourth-order valence-corrected chi connectivity index (χ4v) is 2.22. The van der Waals surface area contributed by atoms with E-state index in [4.69, 9.17) is 4.74 Å². The molecule has 0 aliphatic rings. The smallest absolute Gasteiger partial charge is 0.317 e. The predicted octanol–water partition coefficient (Wildman–Crippen LogP) is 2.43. The molecule has 0 saturated carbocycles. The Morgan fingerprint density at radius 1 is 1.36 bits per heavy atom. The number of urea groups is 1. The minimum Gasteiger partial charge on any atom is -0.497 e. The van der Waals surface area contributed by atoms with E-state index in [1.165, 1.54) is 10.5 Å². The van der Waals surface area contributed by atoms with E-state index < -0.39 is 5.60 Å². The third-order valence-electron chi connectivity index (χ3n) is 3.37. The van der Waals surface area contributed by atoms with Crippen LogP contribution in [0.1, 0.15) is 32.8 Å². The predicted molar refractivity (Wildman–Crippen MR) is 88.2 cm³/mol. The Balaban J connectivity index is 2.38. The van der Waals surface area contributed by atoms with Gasteiger partial charge in [-0.3, -0.25) is 0 Å². The number of aliphatic hydroxyl groups is 1. The van der Waals surface area contributed by atoms with Gasteiger partial charge in [0, 0.05) is 13.1 Å². The zero-order valence-electron chi connectivity index (χ0n) is 14.2. The molecular formula is C17H28N2O3. The molecule has 1 rings (SSSR count). The number of amides is 2. The summed E-state index contributed by atoms with van der Waals surface area (Å²) in [5.74, 6) is 0.846. The topological polar surface area (TPSA) is 61.8 Å². The summed E-state index contributed by atoms with van der Waals surface area (Å²) < 4.78 is 5.13. The van der Waals surface area contributed by atoms with Crippen molar-refractivity contribution in [2.45, 2.75) is 45.3 Å². The maximum atomic E-state index is 12.0. The normalized spacial score (nSPS) is 12.6. The highest BCUT2D eigenvalue weighted by Gasteiger charge is 2.20. The SMILES string of the molecule is COc1ccc(CCC(C)NC(=O)N(C)CC(C)(C)O)cc1. The summed E-state index contributed by atoms with van der Waals surface area (Å²) in [6.07, 6.45) is 1.75. The van der Waals surface area contributed by atoms with E-state index in [1.54, 1.807) is 28.0 Å². The molecule has 1 aromatic carbocycles. The van der Waals surface area contributed by atoms with Crippen molar-refractivity contribution in [3.05, 3.63) is 29.8 Å². The molecule has 22 heavy (non-hydrogen) atoms. The molecule has 5 nitrogen and oxygen atoms in total. The zero-order chi connectivity index (χ0) is 16.8. The highest BCUT2D eigenvalue weighted by Crippen LogP contribution is 2.13. The molecule has 0 aliphatic heterocycles. The molecule has 0 saturated heterocycles. The lowest BCUT2D eigenvalue weighted by molar-refractivity contribution is 0.0528. The minimum atomic E-state index is -0.890. The van der Waals surface area contributed by atoms with Crippen LogP contribution in [0.2, 0.25) is 0 Å². The van der Waals surface area contributed by atoms with Gasteiger partial charge in [0.2, 0.25) is 0 Å². The van der Waals surface area contributed by atoms with Gasteiger partial charge in [-0.15, -0.1) is 0 Å². The molecule has 1 aromatic rings. The number of hydrogen-bond donors (Lipinski definition) is 2. The fraction of sp³-hybridized carbons (Fsp3) is 0.588. The monoisotopic (exact) mass is 308 g/mol. The van der Waals surface area contributed by atoms with Crippen LogP contribution in [-0.4, -0.2) is 48.4 Å². The molecule has 0 fully saturated rings. The van der Waals surface area contributed by atoms with Crippen molar-refractivity contribution in [3.8, 4) is 5.75 Å². The highest BCUT2D eigenvalue weighted by molar-refractivity contribution is 5.74. The molecule has 0 aromatic heterocycles. The number of benzene rings is 1. The lowest BCUT2D eigenvalue weighted by Gasteiger charge is -2.27. The van der Waals surface area contributed by atoms with Gasteiger partial charge in [-0.2, -0.15) is 0 Å². The second kappa shape index (κ2) is 8.03. The summed E-state index contributed by atoms with van der Waals surface area (Å²) in [4.78, 5) is 13.5. The molecule has 0 bridgehead atoms. The number of ether oxygens (including phenoxy) is 1. The summed E-state index contributed by atoms with van der Waals surface area (Å²) in [7, 11) is 3.33. The van der Waals surface area contributed by atoms with Crippen molar-refractivity contribution in [2.75, 3.05) is 20.7 Å². The van der Waals surface area contributed by atoms with E-state index in [0.29, 0.717) is 6.54 Å². The summed E-state index contributed by atoms with van der Waals surface area (Å²) in [6.45, 7) is 5.65. The second-order valence-electron chi connectivity index (χ2n) is 6.41. The highest BCUT2D eigenvalue weighted by atomic mass is 16.5. The van der Waals surface area contributed by atoms with E-state index in [2.05, 4.69) is 5.32 Å². The molecule has 1 atom stereocenters. The van der Waals surface area contributed by atoms with Gasteiger partial charge in [-0.25, -0.2) is 4.79 Å². The Bertz CT molecular complexity index is 466. The molecule has 0 aliphatic carbocycles. The van der Waals surface area contributed by atoms with Gasteiger partial charge in [-0.1, -0.05) is 12.1 Å². The maximum absolute atomic E-state index is 12.0. The Morgan fingerprint density at radius 3 is 2.45 bits per heavy atom. The molecule has 0 spiro atoms. The number of rotatable bonds is 7. The third kappa shape index (κ3) is 6.80. The molecule has 1 unspecified atom stereocenters. The number of methoxy groups -OCH3 is 1. The van der Waals surface area contributed by atoms with Crippen molar-refractivity contribution >= 4 is 6.03 Å². The van der Waals surface area contributed by atoms with Crippen molar-refractivity contribution < 1.29 is 14.6 Å². The molecule has 0 heterocycles. The standard InChI is InChI=1S/C17H28N2O3/c1-13(18-16(20)19(4)12-17(2,3)21)6-7-14-8-10-15(22-5)11-9-14/h8-11,13,21H,6-7,12H2,1-5H3,(H,18,20). The molecule has 124 valence electrons. The average Bonchev–Trinajstić information content (AvgIpc) is 2.43. The van der Waals surface area contributed by atoms with Gasteiger partial charge in [-0.05, 0) is 51.3 Å². The van der Waals surface area contributed by atoms with Gasteiger partial charge in [0.25, 0.3) is 0 Å². The van der Waals surface area contributed by atoms with Crippen molar-refractivity contribution in [1.29, 1.82) is 0 Å². The number of nitrogens with one attached hydrogen (secondary N) is 1. The minimum absolute atomic E-state index is 0.0684. The number of likely N-dealkylation sites (N-methyl/N-ethyl adjacent to an activating group) is 1. The van der Waals surface area contributed by atoms with E-state index in [-0.39, 0.29) is 12.1 Å². The molecular weight excluding hydrogens is 280 g/mol. The van der Waals surface area contributed by atoms with E-state index in [0.717, 1.165) is 18.6 Å². The lowest BCUT2D eigenvalue weighted by atomic mass is 10.1.